The zero-order chi connectivity index (χ0) is 14.4. The van der Waals surface area contributed by atoms with Crippen LogP contribution in [0.5, 0.6) is 5.75 Å². The zero-order valence-corrected chi connectivity index (χ0v) is 12.9. The maximum Gasteiger partial charge on any atom is 0.123 e. The lowest BCUT2D eigenvalue weighted by molar-refractivity contribution is 0.00812. The summed E-state index contributed by atoms with van der Waals surface area (Å²) in [4.78, 5) is 0. The number of hydrogen-bond donors (Lipinski definition) is 1. The average molecular weight is 274 g/mol. The van der Waals surface area contributed by atoms with Gasteiger partial charge in [0.25, 0.3) is 0 Å². The van der Waals surface area contributed by atoms with Crippen LogP contribution >= 0.6 is 0 Å². The normalized spacial score (nSPS) is 24.8. The number of fused-ring (bicyclic) bond motifs is 1. The molecule has 20 heavy (non-hydrogen) atoms. The number of aliphatic hydroxyl groups is 1. The molecule has 1 unspecified atom stereocenters. The highest BCUT2D eigenvalue weighted by Gasteiger charge is 2.37. The van der Waals surface area contributed by atoms with Gasteiger partial charge in [0.05, 0.1) is 12.7 Å². The summed E-state index contributed by atoms with van der Waals surface area (Å²) in [7, 11) is 0. The van der Waals surface area contributed by atoms with Crippen LogP contribution in [0.1, 0.15) is 70.1 Å². The number of hydrogen-bond acceptors (Lipinski definition) is 2. The standard InChI is InChI=1S/C18H26O2/c1-17(2)12-20-15-8-7-13(11-14(15)17)16(19)18(3)9-5-4-6-10-18/h7-8,11,16,19H,4-6,9-10,12H2,1-3H3. The molecule has 1 aliphatic heterocycles. The highest BCUT2D eigenvalue weighted by molar-refractivity contribution is 5.45. The molecule has 110 valence electrons. The predicted octanol–water partition coefficient (Wildman–Crippen LogP) is 4.36. The Morgan fingerprint density at radius 2 is 1.80 bits per heavy atom. The molecule has 1 aromatic rings. The molecule has 1 atom stereocenters. The Morgan fingerprint density at radius 1 is 1.10 bits per heavy atom. The first-order valence-corrected chi connectivity index (χ1v) is 7.88. The van der Waals surface area contributed by atoms with Gasteiger partial charge in [-0.15, -0.1) is 0 Å². The Hall–Kier alpha value is -1.02. The lowest BCUT2D eigenvalue weighted by atomic mass is 9.69. The Bertz CT molecular complexity index is 498. The second-order valence-corrected chi connectivity index (χ2v) is 7.55. The van der Waals surface area contributed by atoms with Crippen molar-refractivity contribution >= 4 is 0 Å². The molecule has 1 saturated carbocycles. The van der Waals surface area contributed by atoms with Gasteiger partial charge in [0.15, 0.2) is 0 Å². The van der Waals surface area contributed by atoms with Gasteiger partial charge in [-0.05, 0) is 36.0 Å². The molecule has 0 radical (unpaired) electrons. The van der Waals surface area contributed by atoms with E-state index >= 15 is 0 Å². The number of ether oxygens (including phenoxy) is 1. The minimum Gasteiger partial charge on any atom is -0.492 e. The smallest absolute Gasteiger partial charge is 0.123 e. The molecule has 2 heteroatoms. The summed E-state index contributed by atoms with van der Waals surface area (Å²) in [5.74, 6) is 0.986. The Kier molecular flexibility index (Phi) is 3.32. The van der Waals surface area contributed by atoms with Crippen molar-refractivity contribution in [2.45, 2.75) is 64.4 Å². The van der Waals surface area contributed by atoms with Crippen LogP contribution in [-0.4, -0.2) is 11.7 Å². The predicted molar refractivity (Wildman–Crippen MR) is 81.1 cm³/mol. The van der Waals surface area contributed by atoms with Crippen molar-refractivity contribution in [3.8, 4) is 5.75 Å². The van der Waals surface area contributed by atoms with Crippen LogP contribution in [0.2, 0.25) is 0 Å². The van der Waals surface area contributed by atoms with Crippen LogP contribution in [0, 0.1) is 5.41 Å². The Morgan fingerprint density at radius 3 is 2.50 bits per heavy atom. The minimum absolute atomic E-state index is 0.0378. The number of benzene rings is 1. The molecule has 1 aliphatic carbocycles. The van der Waals surface area contributed by atoms with E-state index in [2.05, 4.69) is 26.8 Å². The SMILES string of the molecule is CC1(C)COc2ccc(C(O)C3(C)CCCCC3)cc21. The summed E-state index contributed by atoms with van der Waals surface area (Å²) in [6, 6.07) is 6.26. The second-order valence-electron chi connectivity index (χ2n) is 7.55. The molecular weight excluding hydrogens is 248 g/mol. The highest BCUT2D eigenvalue weighted by Crippen LogP contribution is 2.47. The molecule has 1 N–H and O–H groups in total. The van der Waals surface area contributed by atoms with Crippen molar-refractivity contribution in [3.63, 3.8) is 0 Å². The summed E-state index contributed by atoms with van der Waals surface area (Å²) in [6.45, 7) is 7.39. The third kappa shape index (κ3) is 2.24. The molecular formula is C18H26O2. The van der Waals surface area contributed by atoms with Crippen LogP contribution in [0.25, 0.3) is 0 Å². The molecule has 1 aromatic carbocycles. The molecule has 1 fully saturated rings. The quantitative estimate of drug-likeness (QED) is 0.868. The summed E-state index contributed by atoms with van der Waals surface area (Å²) < 4.78 is 5.74. The fraction of sp³-hybridized carbons (Fsp3) is 0.667. The van der Waals surface area contributed by atoms with Gasteiger partial charge in [-0.3, -0.25) is 0 Å². The first-order chi connectivity index (χ1) is 9.42. The number of rotatable bonds is 2. The third-order valence-corrected chi connectivity index (χ3v) is 5.29. The van der Waals surface area contributed by atoms with Crippen molar-refractivity contribution in [2.24, 2.45) is 5.41 Å². The monoisotopic (exact) mass is 274 g/mol. The third-order valence-electron chi connectivity index (χ3n) is 5.29. The van der Waals surface area contributed by atoms with Gasteiger partial charge in [0.1, 0.15) is 5.75 Å². The van der Waals surface area contributed by atoms with Gasteiger partial charge in [-0.1, -0.05) is 46.1 Å². The largest absolute Gasteiger partial charge is 0.492 e. The molecule has 0 amide bonds. The first-order valence-electron chi connectivity index (χ1n) is 7.88. The second kappa shape index (κ2) is 4.77. The van der Waals surface area contributed by atoms with Crippen LogP contribution in [-0.2, 0) is 5.41 Å². The van der Waals surface area contributed by atoms with Gasteiger partial charge >= 0.3 is 0 Å². The average Bonchev–Trinajstić information content (AvgIpc) is 2.74. The molecule has 3 rings (SSSR count). The van der Waals surface area contributed by atoms with Crippen LogP contribution in [0.15, 0.2) is 18.2 Å². The Balaban J connectivity index is 1.91. The van der Waals surface area contributed by atoms with E-state index in [1.807, 2.05) is 12.1 Å². The maximum absolute atomic E-state index is 10.9. The zero-order valence-electron chi connectivity index (χ0n) is 12.9. The van der Waals surface area contributed by atoms with E-state index in [1.54, 1.807) is 0 Å². The molecule has 2 nitrogen and oxygen atoms in total. The van der Waals surface area contributed by atoms with E-state index in [0.717, 1.165) is 30.8 Å². The van der Waals surface area contributed by atoms with Crippen LogP contribution < -0.4 is 4.74 Å². The Labute approximate surface area is 122 Å². The molecule has 0 bridgehead atoms. The molecule has 0 aromatic heterocycles. The van der Waals surface area contributed by atoms with E-state index in [1.165, 1.54) is 24.8 Å². The van der Waals surface area contributed by atoms with E-state index in [9.17, 15) is 5.11 Å². The van der Waals surface area contributed by atoms with Crippen molar-refractivity contribution in [2.75, 3.05) is 6.61 Å². The van der Waals surface area contributed by atoms with E-state index < -0.39 is 0 Å². The van der Waals surface area contributed by atoms with Crippen molar-refractivity contribution < 1.29 is 9.84 Å². The molecule has 1 heterocycles. The topological polar surface area (TPSA) is 29.5 Å². The molecule has 2 aliphatic rings. The van der Waals surface area contributed by atoms with E-state index in [0.29, 0.717) is 0 Å². The minimum atomic E-state index is -0.357. The van der Waals surface area contributed by atoms with Gasteiger partial charge in [-0.2, -0.15) is 0 Å². The fourth-order valence-electron chi connectivity index (χ4n) is 3.74. The first kappa shape index (κ1) is 13.9. The van der Waals surface area contributed by atoms with Gasteiger partial charge < -0.3 is 9.84 Å². The van der Waals surface area contributed by atoms with Crippen molar-refractivity contribution in [1.82, 2.24) is 0 Å². The maximum atomic E-state index is 10.9. The molecule has 0 saturated heterocycles. The lowest BCUT2D eigenvalue weighted by Crippen LogP contribution is -2.28. The van der Waals surface area contributed by atoms with Crippen molar-refractivity contribution in [1.29, 1.82) is 0 Å². The fourth-order valence-corrected chi connectivity index (χ4v) is 3.74. The number of aliphatic hydroxyl groups excluding tert-OH is 1. The van der Waals surface area contributed by atoms with E-state index in [-0.39, 0.29) is 16.9 Å². The van der Waals surface area contributed by atoms with Gasteiger partial charge in [0, 0.05) is 11.0 Å². The lowest BCUT2D eigenvalue weighted by Gasteiger charge is -2.38. The van der Waals surface area contributed by atoms with Gasteiger partial charge in [0.2, 0.25) is 0 Å². The summed E-state index contributed by atoms with van der Waals surface area (Å²) in [5.41, 5.74) is 2.40. The highest BCUT2D eigenvalue weighted by atomic mass is 16.5. The molecule has 0 spiro atoms. The summed E-state index contributed by atoms with van der Waals surface area (Å²) in [5, 5.41) is 10.9. The van der Waals surface area contributed by atoms with Crippen molar-refractivity contribution in [3.05, 3.63) is 29.3 Å². The van der Waals surface area contributed by atoms with Crippen LogP contribution in [0.3, 0.4) is 0 Å². The van der Waals surface area contributed by atoms with E-state index in [4.69, 9.17) is 4.74 Å². The summed E-state index contributed by atoms with van der Waals surface area (Å²) >= 11 is 0. The van der Waals surface area contributed by atoms with Crippen LogP contribution in [0.4, 0.5) is 0 Å². The van der Waals surface area contributed by atoms with Gasteiger partial charge in [-0.25, -0.2) is 0 Å². The summed E-state index contributed by atoms with van der Waals surface area (Å²) in [6.07, 6.45) is 5.70.